The van der Waals surface area contributed by atoms with Gasteiger partial charge in [-0.15, -0.1) is 0 Å². The van der Waals surface area contributed by atoms with Crippen LogP contribution in [0.3, 0.4) is 0 Å². The van der Waals surface area contributed by atoms with Crippen molar-refractivity contribution in [1.29, 1.82) is 5.26 Å². The molecule has 0 atom stereocenters. The lowest BCUT2D eigenvalue weighted by Crippen LogP contribution is -2.40. The lowest BCUT2D eigenvalue weighted by molar-refractivity contribution is -0.119. The fraction of sp³-hybridized carbons (Fsp3) is 0.294. The van der Waals surface area contributed by atoms with Crippen molar-refractivity contribution in [3.05, 3.63) is 52.8 Å². The maximum Gasteiger partial charge on any atom is 0.228 e. The summed E-state index contributed by atoms with van der Waals surface area (Å²) in [5.41, 5.74) is 0.541. The van der Waals surface area contributed by atoms with Crippen LogP contribution in [-0.2, 0) is 11.2 Å². The molecule has 0 fully saturated rings. The molecule has 0 bridgehead atoms. The highest BCUT2D eigenvalue weighted by molar-refractivity contribution is 6.30. The minimum atomic E-state index is -0.602. The number of amides is 1. The van der Waals surface area contributed by atoms with E-state index in [-0.39, 0.29) is 18.1 Å². The molecule has 6 heteroatoms. The quantitative estimate of drug-likeness (QED) is 0.889. The molecule has 0 unspecified atom stereocenters. The Morgan fingerprint density at radius 2 is 2.26 bits per heavy atom. The zero-order chi connectivity index (χ0) is 17.0. The third-order valence-corrected chi connectivity index (χ3v) is 3.84. The van der Waals surface area contributed by atoms with E-state index in [1.165, 1.54) is 6.07 Å². The first-order valence-electron chi connectivity index (χ1n) is 7.15. The van der Waals surface area contributed by atoms with Gasteiger partial charge in [-0.3, -0.25) is 4.79 Å². The summed E-state index contributed by atoms with van der Waals surface area (Å²) in [6.45, 7) is 4.20. The molecule has 1 aliphatic heterocycles. The fourth-order valence-electron chi connectivity index (χ4n) is 2.14. The van der Waals surface area contributed by atoms with Gasteiger partial charge in [0.15, 0.2) is 0 Å². The van der Waals surface area contributed by atoms with E-state index in [9.17, 15) is 9.90 Å². The van der Waals surface area contributed by atoms with E-state index in [0.717, 1.165) is 0 Å². The van der Waals surface area contributed by atoms with Crippen molar-refractivity contribution < 1.29 is 9.90 Å². The summed E-state index contributed by atoms with van der Waals surface area (Å²) in [6, 6.07) is 6.83. The van der Waals surface area contributed by atoms with Crippen molar-refractivity contribution in [2.24, 2.45) is 0 Å². The SMILES string of the molecule is CC(C)(C#N)N1C=CC(NC(=O)Cc2cc(Cl)ccc2O)=CC1. The zero-order valence-corrected chi connectivity index (χ0v) is 13.8. The second kappa shape index (κ2) is 6.76. The molecule has 1 heterocycles. The fourth-order valence-corrected chi connectivity index (χ4v) is 2.34. The van der Waals surface area contributed by atoms with Crippen molar-refractivity contribution in [2.45, 2.75) is 25.8 Å². The van der Waals surface area contributed by atoms with Gasteiger partial charge in [0.05, 0.1) is 12.5 Å². The Morgan fingerprint density at radius 1 is 1.52 bits per heavy atom. The van der Waals surface area contributed by atoms with Gasteiger partial charge >= 0.3 is 0 Å². The van der Waals surface area contributed by atoms with Crippen LogP contribution in [0.2, 0.25) is 5.02 Å². The molecular weight excluding hydrogens is 314 g/mol. The number of nitrogens with one attached hydrogen (secondary N) is 1. The van der Waals surface area contributed by atoms with Gasteiger partial charge in [-0.1, -0.05) is 11.6 Å². The molecule has 120 valence electrons. The van der Waals surface area contributed by atoms with Gasteiger partial charge in [0.1, 0.15) is 11.3 Å². The number of aromatic hydroxyl groups is 1. The summed E-state index contributed by atoms with van der Waals surface area (Å²) in [7, 11) is 0. The molecule has 0 aromatic heterocycles. The van der Waals surface area contributed by atoms with Crippen molar-refractivity contribution in [3.8, 4) is 11.8 Å². The Balaban J connectivity index is 1.96. The predicted octanol–water partition coefficient (Wildman–Crippen LogP) is 2.72. The Labute approximate surface area is 140 Å². The molecule has 0 saturated heterocycles. The normalized spacial score (nSPS) is 14.2. The van der Waals surface area contributed by atoms with Gasteiger partial charge in [0.25, 0.3) is 0 Å². The molecule has 23 heavy (non-hydrogen) atoms. The molecule has 1 amide bonds. The minimum absolute atomic E-state index is 0.0327. The Kier molecular flexibility index (Phi) is 4.97. The number of carbonyl (C=O) groups is 1. The molecular formula is C17H18ClN3O2. The Bertz CT molecular complexity index is 717. The van der Waals surface area contributed by atoms with E-state index < -0.39 is 5.54 Å². The van der Waals surface area contributed by atoms with Crippen molar-refractivity contribution in [2.75, 3.05) is 6.54 Å². The molecule has 1 aliphatic rings. The van der Waals surface area contributed by atoms with Crippen LogP contribution < -0.4 is 5.32 Å². The van der Waals surface area contributed by atoms with E-state index in [1.807, 2.05) is 24.8 Å². The first-order chi connectivity index (χ1) is 10.8. The average molecular weight is 332 g/mol. The predicted molar refractivity (Wildman–Crippen MR) is 88.6 cm³/mol. The maximum atomic E-state index is 12.1. The minimum Gasteiger partial charge on any atom is -0.508 e. The zero-order valence-electron chi connectivity index (χ0n) is 13.0. The summed E-state index contributed by atoms with van der Waals surface area (Å²) >= 11 is 5.87. The molecule has 1 aromatic carbocycles. The summed E-state index contributed by atoms with van der Waals surface area (Å²) in [6.07, 6.45) is 5.41. The van der Waals surface area contributed by atoms with E-state index in [2.05, 4.69) is 11.4 Å². The molecule has 0 spiro atoms. The number of hydrogen-bond donors (Lipinski definition) is 2. The summed E-state index contributed by atoms with van der Waals surface area (Å²) in [5.74, 6) is -0.203. The standard InChI is InChI=1S/C17H18ClN3O2/c1-17(2,11-19)21-7-5-14(6-8-21)20-16(23)10-12-9-13(18)3-4-15(12)22/h3-7,9,22H,8,10H2,1-2H3,(H,20,23). The van der Waals surface area contributed by atoms with Crippen molar-refractivity contribution in [3.63, 3.8) is 0 Å². The lowest BCUT2D eigenvalue weighted by atomic mass is 10.0. The van der Waals surface area contributed by atoms with Crippen LogP contribution >= 0.6 is 11.6 Å². The largest absolute Gasteiger partial charge is 0.508 e. The highest BCUT2D eigenvalue weighted by Gasteiger charge is 2.24. The van der Waals surface area contributed by atoms with E-state index >= 15 is 0 Å². The van der Waals surface area contributed by atoms with E-state index in [4.69, 9.17) is 16.9 Å². The van der Waals surface area contributed by atoms with Gasteiger partial charge in [-0.05, 0) is 44.2 Å². The van der Waals surface area contributed by atoms with Crippen LogP contribution in [0.15, 0.2) is 42.2 Å². The number of allylic oxidation sites excluding steroid dienone is 1. The maximum absolute atomic E-state index is 12.1. The molecule has 2 N–H and O–H groups in total. The summed E-state index contributed by atoms with van der Waals surface area (Å²) in [4.78, 5) is 14.0. The lowest BCUT2D eigenvalue weighted by Gasteiger charge is -2.33. The smallest absolute Gasteiger partial charge is 0.228 e. The second-order valence-electron chi connectivity index (χ2n) is 5.80. The number of hydrogen-bond acceptors (Lipinski definition) is 4. The number of rotatable bonds is 4. The van der Waals surface area contributed by atoms with E-state index in [0.29, 0.717) is 22.8 Å². The number of carbonyl (C=O) groups excluding carboxylic acids is 1. The molecule has 5 nitrogen and oxygen atoms in total. The number of halogens is 1. The molecule has 2 rings (SSSR count). The molecule has 1 aromatic rings. The highest BCUT2D eigenvalue weighted by Crippen LogP contribution is 2.22. The molecule has 0 radical (unpaired) electrons. The molecule has 0 aliphatic carbocycles. The summed E-state index contributed by atoms with van der Waals surface area (Å²) < 4.78 is 0. The number of phenols is 1. The monoisotopic (exact) mass is 331 g/mol. The van der Waals surface area contributed by atoms with Gasteiger partial charge in [0, 0.05) is 29.0 Å². The number of nitrogens with zero attached hydrogens (tertiary/aromatic N) is 2. The van der Waals surface area contributed by atoms with Crippen molar-refractivity contribution in [1.82, 2.24) is 10.2 Å². The summed E-state index contributed by atoms with van der Waals surface area (Å²) in [5, 5.41) is 22.1. The van der Waals surface area contributed by atoms with Crippen LogP contribution in [0.25, 0.3) is 0 Å². The van der Waals surface area contributed by atoms with Crippen LogP contribution in [0.1, 0.15) is 19.4 Å². The highest BCUT2D eigenvalue weighted by atomic mass is 35.5. The van der Waals surface area contributed by atoms with Crippen LogP contribution in [-0.4, -0.2) is 28.0 Å². The topological polar surface area (TPSA) is 76.4 Å². The third kappa shape index (κ3) is 4.27. The van der Waals surface area contributed by atoms with Crippen LogP contribution in [0.5, 0.6) is 5.75 Å². The first kappa shape index (κ1) is 16.9. The van der Waals surface area contributed by atoms with Crippen LogP contribution in [0, 0.1) is 11.3 Å². The van der Waals surface area contributed by atoms with E-state index in [1.54, 1.807) is 24.4 Å². The Morgan fingerprint density at radius 3 is 2.87 bits per heavy atom. The van der Waals surface area contributed by atoms with Gasteiger partial charge in [-0.2, -0.15) is 5.26 Å². The number of benzene rings is 1. The Hall–Kier alpha value is -2.45. The number of phenolic OH excluding ortho intramolecular Hbond substituents is 1. The second-order valence-corrected chi connectivity index (χ2v) is 6.23. The van der Waals surface area contributed by atoms with Gasteiger partial charge in [0.2, 0.25) is 5.91 Å². The first-order valence-corrected chi connectivity index (χ1v) is 7.53. The average Bonchev–Trinajstić information content (AvgIpc) is 2.51. The van der Waals surface area contributed by atoms with Crippen molar-refractivity contribution >= 4 is 17.5 Å². The van der Waals surface area contributed by atoms with Crippen LogP contribution in [0.4, 0.5) is 0 Å². The molecule has 0 saturated carbocycles. The number of nitriles is 1. The third-order valence-electron chi connectivity index (χ3n) is 3.61. The van der Waals surface area contributed by atoms with Gasteiger partial charge in [-0.25, -0.2) is 0 Å². The van der Waals surface area contributed by atoms with Gasteiger partial charge < -0.3 is 15.3 Å².